The van der Waals surface area contributed by atoms with Gasteiger partial charge in [-0.3, -0.25) is 4.79 Å². The third-order valence-electron chi connectivity index (χ3n) is 2.92. The number of carbonyl (C=O) groups is 1. The summed E-state index contributed by atoms with van der Waals surface area (Å²) in [5.74, 6) is -1.22. The molecule has 0 aliphatic heterocycles. The van der Waals surface area contributed by atoms with Crippen LogP contribution in [0.3, 0.4) is 0 Å². The van der Waals surface area contributed by atoms with Gasteiger partial charge in [-0.2, -0.15) is 0 Å². The highest BCUT2D eigenvalue weighted by Gasteiger charge is 2.23. The highest BCUT2D eigenvalue weighted by Crippen LogP contribution is 2.23. The van der Waals surface area contributed by atoms with E-state index in [-0.39, 0.29) is 29.1 Å². The lowest BCUT2D eigenvalue weighted by Crippen LogP contribution is -2.29. The lowest BCUT2D eigenvalue weighted by molar-refractivity contribution is -0.140. The summed E-state index contributed by atoms with van der Waals surface area (Å²) in [4.78, 5) is 10.8. The number of methoxy groups -OCH3 is 1. The summed E-state index contributed by atoms with van der Waals surface area (Å²) in [6.07, 6.45) is -0.0872. The van der Waals surface area contributed by atoms with Crippen LogP contribution in [-0.2, 0) is 19.6 Å². The molecule has 0 aliphatic rings. The van der Waals surface area contributed by atoms with Gasteiger partial charge in [0.15, 0.2) is 0 Å². The maximum Gasteiger partial charge on any atom is 0.306 e. The van der Waals surface area contributed by atoms with Gasteiger partial charge in [0.2, 0.25) is 10.0 Å². The van der Waals surface area contributed by atoms with Crippen molar-refractivity contribution < 1.29 is 22.3 Å². The van der Waals surface area contributed by atoms with Gasteiger partial charge in [0, 0.05) is 24.8 Å². The number of benzene rings is 1. The fourth-order valence-electron chi connectivity index (χ4n) is 1.47. The Morgan fingerprint density at radius 1 is 1.45 bits per heavy atom. The van der Waals surface area contributed by atoms with Crippen molar-refractivity contribution in [1.29, 1.82) is 0 Å². The summed E-state index contributed by atoms with van der Waals surface area (Å²) >= 11 is 0. The Labute approximate surface area is 117 Å². The number of ether oxygens (including phenoxy) is 1. The Balaban J connectivity index is 3.01. The number of esters is 1. The van der Waals surface area contributed by atoms with Crippen molar-refractivity contribution in [3.8, 4) is 0 Å². The van der Waals surface area contributed by atoms with Gasteiger partial charge in [-0.05, 0) is 19.1 Å². The van der Waals surface area contributed by atoms with E-state index in [0.29, 0.717) is 0 Å². The SMILES string of the molecule is COC(=O)CCN(C)S(=O)(=O)c1cc(N)c(C)c(F)c1. The molecule has 0 saturated heterocycles. The van der Waals surface area contributed by atoms with Crippen LogP contribution >= 0.6 is 0 Å². The second-order valence-corrected chi connectivity index (χ2v) is 6.32. The first kappa shape index (κ1) is 16.4. The molecular weight excluding hydrogens is 287 g/mol. The van der Waals surface area contributed by atoms with Crippen LogP contribution in [0.5, 0.6) is 0 Å². The minimum atomic E-state index is -3.90. The fraction of sp³-hybridized carbons (Fsp3) is 0.417. The molecule has 0 aliphatic carbocycles. The molecule has 1 rings (SSSR count). The summed E-state index contributed by atoms with van der Waals surface area (Å²) in [5, 5.41) is 0. The maximum absolute atomic E-state index is 13.6. The Bertz CT molecular complexity index is 593. The van der Waals surface area contributed by atoms with Gasteiger partial charge in [-0.1, -0.05) is 0 Å². The number of nitrogens with two attached hydrogens (primary N) is 1. The largest absolute Gasteiger partial charge is 0.469 e. The highest BCUT2D eigenvalue weighted by molar-refractivity contribution is 7.89. The van der Waals surface area contributed by atoms with Gasteiger partial charge in [0.1, 0.15) is 5.82 Å². The number of sulfonamides is 1. The molecule has 20 heavy (non-hydrogen) atoms. The first-order chi connectivity index (χ1) is 9.20. The van der Waals surface area contributed by atoms with Crippen molar-refractivity contribution in [2.75, 3.05) is 26.4 Å². The molecular formula is C12H17FN2O4S. The minimum absolute atomic E-state index is 0.0601. The van der Waals surface area contributed by atoms with Crippen molar-refractivity contribution in [3.05, 3.63) is 23.5 Å². The molecule has 0 spiro atoms. The van der Waals surface area contributed by atoms with Crippen LogP contribution in [0.2, 0.25) is 0 Å². The number of anilines is 1. The molecule has 1 aromatic rings. The molecule has 0 heterocycles. The van der Waals surface area contributed by atoms with E-state index >= 15 is 0 Å². The smallest absolute Gasteiger partial charge is 0.306 e. The molecule has 6 nitrogen and oxygen atoms in total. The molecule has 8 heteroatoms. The first-order valence-corrected chi connectivity index (χ1v) is 7.23. The number of nitrogens with zero attached hydrogens (tertiary/aromatic N) is 1. The van der Waals surface area contributed by atoms with Crippen LogP contribution in [0.1, 0.15) is 12.0 Å². The van der Waals surface area contributed by atoms with Gasteiger partial charge in [-0.15, -0.1) is 0 Å². The number of carbonyl (C=O) groups excluding carboxylic acids is 1. The topological polar surface area (TPSA) is 89.7 Å². The first-order valence-electron chi connectivity index (χ1n) is 5.79. The van der Waals surface area contributed by atoms with E-state index in [1.165, 1.54) is 27.1 Å². The van der Waals surface area contributed by atoms with Crippen LogP contribution in [0.25, 0.3) is 0 Å². The van der Waals surface area contributed by atoms with Crippen LogP contribution in [0, 0.1) is 12.7 Å². The van der Waals surface area contributed by atoms with Crippen molar-refractivity contribution in [1.82, 2.24) is 4.31 Å². The van der Waals surface area contributed by atoms with Gasteiger partial charge in [-0.25, -0.2) is 17.1 Å². The van der Waals surface area contributed by atoms with E-state index in [2.05, 4.69) is 4.74 Å². The van der Waals surface area contributed by atoms with E-state index < -0.39 is 21.8 Å². The maximum atomic E-state index is 13.6. The number of nitrogen functional groups attached to an aromatic ring is 1. The summed E-state index contributed by atoms with van der Waals surface area (Å²) in [6, 6.07) is 2.11. The Kier molecular flexibility index (Phi) is 5.07. The average molecular weight is 304 g/mol. The van der Waals surface area contributed by atoms with Crippen LogP contribution < -0.4 is 5.73 Å². The van der Waals surface area contributed by atoms with E-state index in [1.54, 1.807) is 0 Å². The minimum Gasteiger partial charge on any atom is -0.469 e. The summed E-state index contributed by atoms with van der Waals surface area (Å²) in [5.41, 5.74) is 5.82. The molecule has 0 aromatic heterocycles. The van der Waals surface area contributed by atoms with E-state index in [9.17, 15) is 17.6 Å². The number of rotatable bonds is 5. The predicted octanol–water partition coefficient (Wildman–Crippen LogP) is 0.900. The summed E-state index contributed by atoms with van der Waals surface area (Å²) in [7, 11) is -1.39. The zero-order valence-electron chi connectivity index (χ0n) is 11.5. The molecule has 0 amide bonds. The number of hydrogen-bond acceptors (Lipinski definition) is 5. The third-order valence-corrected chi connectivity index (χ3v) is 4.76. The molecule has 0 saturated carbocycles. The van der Waals surface area contributed by atoms with Gasteiger partial charge in [0.05, 0.1) is 18.4 Å². The molecule has 0 radical (unpaired) electrons. The molecule has 0 unspecified atom stereocenters. The predicted molar refractivity (Wildman–Crippen MR) is 72.0 cm³/mol. The highest BCUT2D eigenvalue weighted by atomic mass is 32.2. The molecule has 0 fully saturated rings. The lowest BCUT2D eigenvalue weighted by Gasteiger charge is -2.17. The molecule has 1 aromatic carbocycles. The van der Waals surface area contributed by atoms with Crippen molar-refractivity contribution >= 4 is 21.7 Å². The molecule has 0 bridgehead atoms. The molecule has 0 atom stereocenters. The van der Waals surface area contributed by atoms with E-state index in [1.807, 2.05) is 0 Å². The standard InChI is InChI=1S/C12H17FN2O4S/c1-8-10(13)6-9(7-11(8)14)20(17,18)15(2)5-4-12(16)19-3/h6-7H,4-5,14H2,1-3H3. The Morgan fingerprint density at radius 3 is 2.55 bits per heavy atom. The zero-order valence-corrected chi connectivity index (χ0v) is 12.3. The third kappa shape index (κ3) is 3.45. The Morgan fingerprint density at radius 2 is 2.05 bits per heavy atom. The average Bonchev–Trinajstić information content (AvgIpc) is 2.40. The van der Waals surface area contributed by atoms with Crippen molar-refractivity contribution in [3.63, 3.8) is 0 Å². The van der Waals surface area contributed by atoms with Gasteiger partial charge < -0.3 is 10.5 Å². The number of halogens is 1. The van der Waals surface area contributed by atoms with E-state index in [0.717, 1.165) is 10.4 Å². The van der Waals surface area contributed by atoms with Crippen molar-refractivity contribution in [2.45, 2.75) is 18.2 Å². The van der Waals surface area contributed by atoms with Crippen molar-refractivity contribution in [2.24, 2.45) is 0 Å². The Hall–Kier alpha value is -1.67. The quantitative estimate of drug-likeness (QED) is 0.645. The van der Waals surface area contributed by atoms with Gasteiger partial charge >= 0.3 is 5.97 Å². The molecule has 112 valence electrons. The monoisotopic (exact) mass is 304 g/mol. The van der Waals surface area contributed by atoms with Gasteiger partial charge in [0.25, 0.3) is 0 Å². The van der Waals surface area contributed by atoms with Crippen LogP contribution in [-0.4, -0.2) is 39.4 Å². The van der Waals surface area contributed by atoms with Crippen LogP contribution in [0.15, 0.2) is 17.0 Å². The molecule has 2 N–H and O–H groups in total. The number of hydrogen-bond donors (Lipinski definition) is 1. The lowest BCUT2D eigenvalue weighted by atomic mass is 10.2. The second kappa shape index (κ2) is 6.19. The zero-order chi connectivity index (χ0) is 15.5. The normalized spacial score (nSPS) is 11.7. The summed E-state index contributed by atoms with van der Waals surface area (Å²) < 4.78 is 43.4. The van der Waals surface area contributed by atoms with E-state index in [4.69, 9.17) is 5.73 Å². The van der Waals surface area contributed by atoms with Crippen LogP contribution in [0.4, 0.5) is 10.1 Å². The summed E-state index contributed by atoms with van der Waals surface area (Å²) in [6.45, 7) is 1.40. The fourth-order valence-corrected chi connectivity index (χ4v) is 2.69. The second-order valence-electron chi connectivity index (χ2n) is 4.27.